The van der Waals surface area contributed by atoms with Gasteiger partial charge in [0, 0.05) is 29.5 Å². The fourth-order valence-corrected chi connectivity index (χ4v) is 2.11. The zero-order valence-corrected chi connectivity index (χ0v) is 10.3. The van der Waals surface area contributed by atoms with Gasteiger partial charge < -0.3 is 5.32 Å². The summed E-state index contributed by atoms with van der Waals surface area (Å²) in [5.74, 6) is 0.752. The van der Waals surface area contributed by atoms with Gasteiger partial charge in [-0.2, -0.15) is 0 Å². The number of nitrogens with one attached hydrogen (secondary N) is 1. The second-order valence-corrected chi connectivity index (χ2v) is 4.82. The van der Waals surface area contributed by atoms with Crippen molar-refractivity contribution < 1.29 is 0 Å². The lowest BCUT2D eigenvalue weighted by atomic mass is 10.2. The Labute approximate surface area is 94.7 Å². The van der Waals surface area contributed by atoms with E-state index in [-0.39, 0.29) is 0 Å². The highest BCUT2D eigenvalue weighted by atomic mass is 35.5. The number of aromatic nitrogens is 1. The van der Waals surface area contributed by atoms with Crippen LogP contribution in [0.4, 0.5) is 0 Å². The summed E-state index contributed by atoms with van der Waals surface area (Å²) in [5, 5.41) is 6.69. The lowest BCUT2D eigenvalue weighted by Crippen LogP contribution is -2.25. The molecule has 1 atom stereocenters. The van der Waals surface area contributed by atoms with E-state index in [1.807, 2.05) is 6.92 Å². The van der Waals surface area contributed by atoms with Gasteiger partial charge >= 0.3 is 0 Å². The monoisotopic (exact) mass is 232 g/mol. The predicted octanol–water partition coefficient (Wildman–Crippen LogP) is 2.95. The molecule has 0 aromatic carbocycles. The third-order valence-corrected chi connectivity index (χ3v) is 3.27. The summed E-state index contributed by atoms with van der Waals surface area (Å²) >= 11 is 7.34. The van der Waals surface area contributed by atoms with Crippen LogP contribution in [0.25, 0.3) is 0 Å². The molecule has 2 nitrogen and oxygen atoms in total. The van der Waals surface area contributed by atoms with Crippen LogP contribution in [0.3, 0.4) is 0 Å². The Bertz CT molecular complexity index is 262. The largest absolute Gasteiger partial charge is 0.308 e. The van der Waals surface area contributed by atoms with E-state index < -0.39 is 0 Å². The topological polar surface area (TPSA) is 24.9 Å². The lowest BCUT2D eigenvalue weighted by molar-refractivity contribution is 0.508. The van der Waals surface area contributed by atoms with Crippen LogP contribution < -0.4 is 5.32 Å². The van der Waals surface area contributed by atoms with Crippen LogP contribution in [-0.2, 0) is 6.54 Å². The molecule has 1 rings (SSSR count). The Morgan fingerprint density at radius 1 is 1.64 bits per heavy atom. The maximum Gasteiger partial charge on any atom is 0.107 e. The van der Waals surface area contributed by atoms with E-state index in [0.717, 1.165) is 31.0 Å². The van der Waals surface area contributed by atoms with Gasteiger partial charge in [0.1, 0.15) is 5.01 Å². The van der Waals surface area contributed by atoms with E-state index in [2.05, 4.69) is 22.6 Å². The summed E-state index contributed by atoms with van der Waals surface area (Å²) in [4.78, 5) is 4.39. The molecule has 0 aliphatic rings. The van der Waals surface area contributed by atoms with Gasteiger partial charge in [0.25, 0.3) is 0 Å². The Balaban J connectivity index is 2.20. The molecule has 4 heteroatoms. The predicted molar refractivity (Wildman–Crippen MR) is 63.1 cm³/mol. The highest BCUT2D eigenvalue weighted by Crippen LogP contribution is 2.08. The first-order chi connectivity index (χ1) is 6.72. The van der Waals surface area contributed by atoms with Crippen LogP contribution in [0.15, 0.2) is 5.38 Å². The molecule has 0 bridgehead atoms. The van der Waals surface area contributed by atoms with Crippen LogP contribution in [0.5, 0.6) is 0 Å². The summed E-state index contributed by atoms with van der Waals surface area (Å²) in [7, 11) is 0. The molecule has 0 aliphatic carbocycles. The highest BCUT2D eigenvalue weighted by Gasteiger charge is 2.02. The SMILES string of the molecule is Cc1csc(CNC(C)CCCCl)n1. The Hall–Kier alpha value is -0.120. The molecule has 0 radical (unpaired) electrons. The molecule has 1 aromatic heterocycles. The average Bonchev–Trinajstić information content (AvgIpc) is 2.58. The summed E-state index contributed by atoms with van der Waals surface area (Å²) in [6, 6.07) is 0.526. The van der Waals surface area contributed by atoms with Crippen LogP contribution >= 0.6 is 22.9 Å². The van der Waals surface area contributed by atoms with E-state index in [4.69, 9.17) is 11.6 Å². The number of rotatable bonds is 6. The maximum absolute atomic E-state index is 5.63. The molecule has 1 aromatic rings. The second kappa shape index (κ2) is 6.38. The average molecular weight is 233 g/mol. The molecular formula is C10H17ClN2S. The van der Waals surface area contributed by atoms with Gasteiger partial charge in [0.05, 0.1) is 0 Å². The van der Waals surface area contributed by atoms with E-state index in [1.54, 1.807) is 11.3 Å². The number of hydrogen-bond donors (Lipinski definition) is 1. The minimum atomic E-state index is 0.526. The van der Waals surface area contributed by atoms with Crippen molar-refractivity contribution in [3.05, 3.63) is 16.1 Å². The quantitative estimate of drug-likeness (QED) is 0.763. The van der Waals surface area contributed by atoms with Gasteiger partial charge in [-0.1, -0.05) is 0 Å². The molecule has 14 heavy (non-hydrogen) atoms. The molecule has 0 saturated heterocycles. The van der Waals surface area contributed by atoms with Gasteiger partial charge in [-0.3, -0.25) is 0 Å². The van der Waals surface area contributed by atoms with Crippen molar-refractivity contribution >= 4 is 22.9 Å². The highest BCUT2D eigenvalue weighted by molar-refractivity contribution is 7.09. The van der Waals surface area contributed by atoms with E-state index in [0.29, 0.717) is 6.04 Å². The first-order valence-electron chi connectivity index (χ1n) is 4.92. The van der Waals surface area contributed by atoms with E-state index >= 15 is 0 Å². The number of aryl methyl sites for hydroxylation is 1. The third-order valence-electron chi connectivity index (χ3n) is 2.04. The second-order valence-electron chi connectivity index (χ2n) is 3.50. The minimum Gasteiger partial charge on any atom is -0.308 e. The molecule has 80 valence electrons. The van der Waals surface area contributed by atoms with E-state index in [1.165, 1.54) is 5.01 Å². The van der Waals surface area contributed by atoms with Crippen molar-refractivity contribution in [3.63, 3.8) is 0 Å². The van der Waals surface area contributed by atoms with Crippen molar-refractivity contribution in [2.45, 2.75) is 39.3 Å². The van der Waals surface area contributed by atoms with Gasteiger partial charge in [-0.05, 0) is 26.7 Å². The first kappa shape index (κ1) is 12.0. The molecule has 0 fully saturated rings. The summed E-state index contributed by atoms with van der Waals surface area (Å²) in [5.41, 5.74) is 1.11. The van der Waals surface area contributed by atoms with Gasteiger partial charge in [0.2, 0.25) is 0 Å². The number of thiazole rings is 1. The molecular weight excluding hydrogens is 216 g/mol. The van der Waals surface area contributed by atoms with Crippen molar-refractivity contribution in [2.24, 2.45) is 0 Å². The lowest BCUT2D eigenvalue weighted by Gasteiger charge is -2.11. The number of hydrogen-bond acceptors (Lipinski definition) is 3. The molecule has 1 heterocycles. The smallest absolute Gasteiger partial charge is 0.107 e. The van der Waals surface area contributed by atoms with Crippen LogP contribution in [0.1, 0.15) is 30.5 Å². The minimum absolute atomic E-state index is 0.526. The van der Waals surface area contributed by atoms with Gasteiger partial charge in [-0.15, -0.1) is 22.9 Å². The fourth-order valence-electron chi connectivity index (χ4n) is 1.23. The van der Waals surface area contributed by atoms with Crippen molar-refractivity contribution in [3.8, 4) is 0 Å². The van der Waals surface area contributed by atoms with Crippen molar-refractivity contribution in [1.82, 2.24) is 10.3 Å². The third kappa shape index (κ3) is 4.40. The molecule has 0 spiro atoms. The Morgan fingerprint density at radius 2 is 2.43 bits per heavy atom. The molecule has 0 amide bonds. The standard InChI is InChI=1S/C10H17ClN2S/c1-8(4-3-5-11)12-6-10-13-9(2)7-14-10/h7-8,12H,3-6H2,1-2H3. The summed E-state index contributed by atoms with van der Waals surface area (Å²) in [6.45, 7) is 5.09. The van der Waals surface area contributed by atoms with Gasteiger partial charge in [-0.25, -0.2) is 4.98 Å². The molecule has 1 unspecified atom stereocenters. The van der Waals surface area contributed by atoms with E-state index in [9.17, 15) is 0 Å². The van der Waals surface area contributed by atoms with Crippen LogP contribution in [0, 0.1) is 6.92 Å². The van der Waals surface area contributed by atoms with Crippen LogP contribution in [-0.4, -0.2) is 16.9 Å². The summed E-state index contributed by atoms with van der Waals surface area (Å²) in [6.07, 6.45) is 2.21. The molecule has 1 N–H and O–H groups in total. The fraction of sp³-hybridized carbons (Fsp3) is 0.700. The van der Waals surface area contributed by atoms with Crippen molar-refractivity contribution in [1.29, 1.82) is 0 Å². The van der Waals surface area contributed by atoms with Crippen molar-refractivity contribution in [2.75, 3.05) is 5.88 Å². The molecule has 0 saturated carbocycles. The molecule has 0 aliphatic heterocycles. The Kier molecular flexibility index (Phi) is 5.45. The number of halogens is 1. The van der Waals surface area contributed by atoms with Crippen LogP contribution in [0.2, 0.25) is 0 Å². The van der Waals surface area contributed by atoms with Gasteiger partial charge in [0.15, 0.2) is 0 Å². The zero-order valence-electron chi connectivity index (χ0n) is 8.72. The summed E-state index contributed by atoms with van der Waals surface area (Å²) < 4.78 is 0. The zero-order chi connectivity index (χ0) is 10.4. The normalized spacial score (nSPS) is 13.1. The first-order valence-corrected chi connectivity index (χ1v) is 6.34. The Morgan fingerprint density at radius 3 is 3.00 bits per heavy atom. The number of nitrogens with zero attached hydrogens (tertiary/aromatic N) is 1. The maximum atomic E-state index is 5.63. The number of alkyl halides is 1.